The molecule has 138 valence electrons. The molecule has 1 amide bonds. The number of nitrogens with one attached hydrogen (secondary N) is 1. The van der Waals surface area contributed by atoms with Crippen molar-refractivity contribution in [3.63, 3.8) is 0 Å². The fourth-order valence-corrected chi connectivity index (χ4v) is 5.17. The highest BCUT2D eigenvalue weighted by atomic mass is 35.5. The van der Waals surface area contributed by atoms with Gasteiger partial charge >= 0.3 is 0 Å². The van der Waals surface area contributed by atoms with Crippen LogP contribution in [0.25, 0.3) is 10.9 Å². The highest BCUT2D eigenvalue weighted by molar-refractivity contribution is 6.38. The van der Waals surface area contributed by atoms with Crippen LogP contribution in [0.3, 0.4) is 0 Å². The lowest BCUT2D eigenvalue weighted by Crippen LogP contribution is -2.42. The Hall–Kier alpha value is -1.59. The second kappa shape index (κ2) is 7.20. The molecule has 2 aromatic rings. The molecule has 0 saturated heterocycles. The number of nitrogens with zero attached hydrogens (tertiary/aromatic N) is 2. The van der Waals surface area contributed by atoms with Crippen LogP contribution < -0.4 is 10.1 Å². The summed E-state index contributed by atoms with van der Waals surface area (Å²) in [6.45, 7) is 2.00. The van der Waals surface area contributed by atoms with Gasteiger partial charge in [-0.05, 0) is 56.1 Å². The van der Waals surface area contributed by atoms with E-state index in [1.165, 1.54) is 32.0 Å². The Morgan fingerprint density at radius 1 is 1.31 bits per heavy atom. The van der Waals surface area contributed by atoms with Crippen LogP contribution in [-0.4, -0.2) is 28.5 Å². The molecule has 2 saturated carbocycles. The number of carbonyl (C=O) groups is 1. The molecule has 4 atom stereocenters. The standard InChI is InChI=1S/C19H21Cl2N3O2/c1-10(14-5-11-2-3-12(14)4-11)24-17(25)8-26-19-15-6-13(20)7-16(21)18(15)22-9-23-19/h6-7,9-12,14H,2-5,8H2,1H3,(H,24,25)/t10-,11+,12+,14-/m1/s1. The summed E-state index contributed by atoms with van der Waals surface area (Å²) in [7, 11) is 0. The summed E-state index contributed by atoms with van der Waals surface area (Å²) < 4.78 is 5.64. The first-order valence-corrected chi connectivity index (χ1v) is 9.78. The molecule has 2 aliphatic rings. The molecule has 5 nitrogen and oxygen atoms in total. The molecule has 2 fully saturated rings. The van der Waals surface area contributed by atoms with Crippen molar-refractivity contribution in [1.29, 1.82) is 0 Å². The molecule has 7 heteroatoms. The Balaban J connectivity index is 1.39. The monoisotopic (exact) mass is 393 g/mol. The number of hydrogen-bond donors (Lipinski definition) is 1. The van der Waals surface area contributed by atoms with Gasteiger partial charge in [0.25, 0.3) is 5.91 Å². The number of halogens is 2. The predicted octanol–water partition coefficient (Wildman–Crippen LogP) is 4.26. The lowest BCUT2D eigenvalue weighted by Gasteiger charge is -2.28. The fourth-order valence-electron chi connectivity index (χ4n) is 4.63. The molecule has 0 unspecified atom stereocenters. The zero-order chi connectivity index (χ0) is 18.3. The van der Waals surface area contributed by atoms with E-state index >= 15 is 0 Å². The first-order chi connectivity index (χ1) is 12.5. The van der Waals surface area contributed by atoms with Gasteiger partial charge in [-0.15, -0.1) is 0 Å². The number of aromatic nitrogens is 2. The van der Waals surface area contributed by atoms with Crippen LogP contribution in [0.4, 0.5) is 0 Å². The van der Waals surface area contributed by atoms with Crippen molar-refractivity contribution in [3.05, 3.63) is 28.5 Å². The molecule has 2 bridgehead atoms. The van der Waals surface area contributed by atoms with Gasteiger partial charge in [0.15, 0.2) is 6.61 Å². The highest BCUT2D eigenvalue weighted by Crippen LogP contribution is 2.49. The van der Waals surface area contributed by atoms with Gasteiger partial charge < -0.3 is 10.1 Å². The summed E-state index contributed by atoms with van der Waals surface area (Å²) in [5.74, 6) is 2.39. The lowest BCUT2D eigenvalue weighted by atomic mass is 9.84. The summed E-state index contributed by atoms with van der Waals surface area (Å²) in [4.78, 5) is 20.6. The third-order valence-corrected chi connectivity index (χ3v) is 6.29. The van der Waals surface area contributed by atoms with E-state index in [2.05, 4.69) is 22.2 Å². The SMILES string of the molecule is C[C@@H](NC(=O)COc1ncnc2c(Cl)cc(Cl)cc12)[C@H]1C[C@H]2CC[C@H]1C2. The highest BCUT2D eigenvalue weighted by Gasteiger charge is 2.42. The van der Waals surface area contributed by atoms with E-state index in [1.807, 2.05) is 0 Å². The summed E-state index contributed by atoms with van der Waals surface area (Å²) in [6.07, 6.45) is 6.60. The third-order valence-electron chi connectivity index (χ3n) is 5.78. The second-order valence-corrected chi connectivity index (χ2v) is 8.29. The van der Waals surface area contributed by atoms with Crippen LogP contribution >= 0.6 is 23.2 Å². The van der Waals surface area contributed by atoms with Crippen molar-refractivity contribution in [2.45, 2.75) is 38.6 Å². The van der Waals surface area contributed by atoms with Crippen molar-refractivity contribution in [3.8, 4) is 5.88 Å². The average molecular weight is 394 g/mol. The number of ether oxygens (including phenoxy) is 1. The molecule has 0 spiro atoms. The van der Waals surface area contributed by atoms with Gasteiger partial charge in [0.2, 0.25) is 5.88 Å². The van der Waals surface area contributed by atoms with Crippen LogP contribution in [0.15, 0.2) is 18.5 Å². The van der Waals surface area contributed by atoms with E-state index < -0.39 is 0 Å². The van der Waals surface area contributed by atoms with Crippen LogP contribution in [0, 0.1) is 17.8 Å². The van der Waals surface area contributed by atoms with Crippen molar-refractivity contribution in [2.75, 3.05) is 6.61 Å². The molecule has 1 aromatic heterocycles. The average Bonchev–Trinajstić information content (AvgIpc) is 3.23. The predicted molar refractivity (Wildman–Crippen MR) is 102 cm³/mol. The summed E-state index contributed by atoms with van der Waals surface area (Å²) in [5, 5.41) is 4.58. The summed E-state index contributed by atoms with van der Waals surface area (Å²) >= 11 is 12.2. The first-order valence-electron chi connectivity index (χ1n) is 9.03. The molecule has 0 aliphatic heterocycles. The number of carbonyl (C=O) groups excluding carboxylic acids is 1. The van der Waals surface area contributed by atoms with Gasteiger partial charge in [-0.25, -0.2) is 9.97 Å². The van der Waals surface area contributed by atoms with Crippen molar-refractivity contribution < 1.29 is 9.53 Å². The number of fused-ring (bicyclic) bond motifs is 3. The molecule has 26 heavy (non-hydrogen) atoms. The van der Waals surface area contributed by atoms with Gasteiger partial charge in [-0.1, -0.05) is 29.6 Å². The van der Waals surface area contributed by atoms with E-state index in [0.29, 0.717) is 32.7 Å². The summed E-state index contributed by atoms with van der Waals surface area (Å²) in [5.41, 5.74) is 0.553. The Labute approximate surface area is 162 Å². The van der Waals surface area contributed by atoms with Gasteiger partial charge in [0.05, 0.1) is 15.9 Å². The smallest absolute Gasteiger partial charge is 0.258 e. The minimum Gasteiger partial charge on any atom is -0.467 e. The fraction of sp³-hybridized carbons (Fsp3) is 0.526. The maximum atomic E-state index is 12.3. The largest absolute Gasteiger partial charge is 0.467 e. The lowest BCUT2D eigenvalue weighted by molar-refractivity contribution is -0.124. The zero-order valence-electron chi connectivity index (χ0n) is 14.5. The van der Waals surface area contributed by atoms with E-state index in [4.69, 9.17) is 27.9 Å². The van der Waals surface area contributed by atoms with E-state index in [1.54, 1.807) is 12.1 Å². The third kappa shape index (κ3) is 3.47. The van der Waals surface area contributed by atoms with Crippen LogP contribution in [-0.2, 0) is 4.79 Å². The molecule has 1 N–H and O–H groups in total. The number of hydrogen-bond acceptors (Lipinski definition) is 4. The van der Waals surface area contributed by atoms with E-state index in [9.17, 15) is 4.79 Å². The van der Waals surface area contributed by atoms with Crippen molar-refractivity contribution in [1.82, 2.24) is 15.3 Å². The molecular weight excluding hydrogens is 373 g/mol. The van der Waals surface area contributed by atoms with Crippen molar-refractivity contribution in [2.24, 2.45) is 17.8 Å². The maximum absolute atomic E-state index is 12.3. The van der Waals surface area contributed by atoms with Crippen LogP contribution in [0.5, 0.6) is 5.88 Å². The molecule has 1 aromatic carbocycles. The minimum atomic E-state index is -0.139. The molecule has 1 heterocycles. The number of rotatable bonds is 5. The summed E-state index contributed by atoms with van der Waals surface area (Å²) in [6, 6.07) is 3.48. The zero-order valence-corrected chi connectivity index (χ0v) is 16.1. The Kier molecular flexibility index (Phi) is 4.93. The molecule has 4 rings (SSSR count). The second-order valence-electron chi connectivity index (χ2n) is 7.45. The Bertz CT molecular complexity index is 845. The number of benzene rings is 1. The quantitative estimate of drug-likeness (QED) is 0.823. The van der Waals surface area contributed by atoms with Crippen LogP contribution in [0.2, 0.25) is 10.0 Å². The minimum absolute atomic E-state index is 0.0958. The van der Waals surface area contributed by atoms with E-state index in [0.717, 1.165) is 11.8 Å². The van der Waals surface area contributed by atoms with Gasteiger partial charge in [-0.2, -0.15) is 0 Å². The Morgan fingerprint density at radius 3 is 2.88 bits per heavy atom. The number of amides is 1. The first kappa shape index (κ1) is 17.8. The van der Waals surface area contributed by atoms with E-state index in [-0.39, 0.29) is 18.6 Å². The Morgan fingerprint density at radius 2 is 2.15 bits per heavy atom. The molecule has 0 radical (unpaired) electrons. The topological polar surface area (TPSA) is 64.1 Å². The maximum Gasteiger partial charge on any atom is 0.258 e. The molecule has 2 aliphatic carbocycles. The van der Waals surface area contributed by atoms with Crippen LogP contribution in [0.1, 0.15) is 32.6 Å². The normalized spacial score (nSPS) is 25.4. The van der Waals surface area contributed by atoms with Gasteiger partial charge in [0.1, 0.15) is 6.33 Å². The van der Waals surface area contributed by atoms with Gasteiger partial charge in [-0.3, -0.25) is 4.79 Å². The van der Waals surface area contributed by atoms with Crippen molar-refractivity contribution >= 4 is 40.0 Å². The van der Waals surface area contributed by atoms with Gasteiger partial charge in [0, 0.05) is 11.1 Å². The molecular formula is C19H21Cl2N3O2.